The number of nitrogens with zero attached hydrogens (tertiary/aromatic N) is 4. The van der Waals surface area contributed by atoms with E-state index in [0.29, 0.717) is 12.0 Å². The van der Waals surface area contributed by atoms with Gasteiger partial charge in [0, 0.05) is 24.3 Å². The Morgan fingerprint density at radius 2 is 2.15 bits per heavy atom. The molecule has 0 radical (unpaired) electrons. The van der Waals surface area contributed by atoms with E-state index in [1.165, 1.54) is 5.56 Å². The number of imidazole rings is 1. The third-order valence-electron chi connectivity index (χ3n) is 4.65. The van der Waals surface area contributed by atoms with Gasteiger partial charge in [0.2, 0.25) is 5.95 Å². The largest absolute Gasteiger partial charge is 0.350 e. The van der Waals surface area contributed by atoms with Crippen LogP contribution in [-0.2, 0) is 0 Å². The average molecular weight is 351 g/mol. The van der Waals surface area contributed by atoms with Gasteiger partial charge in [-0.1, -0.05) is 12.1 Å². The molecule has 136 valence electrons. The molecule has 4 rings (SSSR count). The fraction of sp³-hybridized carbons (Fsp3) is 0.421. The van der Waals surface area contributed by atoms with Crippen LogP contribution < -0.4 is 16.0 Å². The van der Waals surface area contributed by atoms with E-state index in [2.05, 4.69) is 58.4 Å². The van der Waals surface area contributed by atoms with Crippen molar-refractivity contribution in [2.45, 2.75) is 39.3 Å². The van der Waals surface area contributed by atoms with E-state index in [1.54, 1.807) is 0 Å². The number of aromatic nitrogens is 4. The number of fused-ring (bicyclic) bond motifs is 1. The second-order valence-corrected chi connectivity index (χ2v) is 7.14. The van der Waals surface area contributed by atoms with Crippen molar-refractivity contribution in [1.82, 2.24) is 24.8 Å². The molecule has 3 heterocycles. The van der Waals surface area contributed by atoms with Crippen molar-refractivity contribution in [2.75, 3.05) is 23.7 Å². The van der Waals surface area contributed by atoms with Gasteiger partial charge in [-0.15, -0.1) is 0 Å². The normalized spacial score (nSPS) is 17.2. The number of anilines is 3. The van der Waals surface area contributed by atoms with E-state index in [1.807, 2.05) is 18.5 Å². The van der Waals surface area contributed by atoms with E-state index < -0.39 is 0 Å². The predicted octanol–water partition coefficient (Wildman–Crippen LogP) is 3.23. The highest BCUT2D eigenvalue weighted by Gasteiger charge is 2.19. The van der Waals surface area contributed by atoms with Crippen LogP contribution in [0.4, 0.5) is 17.5 Å². The highest BCUT2D eigenvalue weighted by atomic mass is 15.2. The molecule has 0 aliphatic carbocycles. The minimum absolute atomic E-state index is 0.280. The molecule has 0 amide bonds. The maximum Gasteiger partial charge on any atom is 0.227 e. The Bertz CT molecular complexity index is 909. The topological polar surface area (TPSA) is 79.7 Å². The first-order chi connectivity index (χ1) is 12.6. The third-order valence-corrected chi connectivity index (χ3v) is 4.65. The maximum atomic E-state index is 4.75. The van der Waals surface area contributed by atoms with Gasteiger partial charge in [-0.25, -0.2) is 4.98 Å². The molecule has 7 nitrogen and oxygen atoms in total. The van der Waals surface area contributed by atoms with E-state index in [4.69, 9.17) is 9.97 Å². The van der Waals surface area contributed by atoms with Crippen LogP contribution in [0.1, 0.15) is 31.9 Å². The molecular weight excluding hydrogens is 326 g/mol. The highest BCUT2D eigenvalue weighted by Crippen LogP contribution is 2.26. The molecule has 3 N–H and O–H groups in total. The summed E-state index contributed by atoms with van der Waals surface area (Å²) in [7, 11) is 0. The summed E-state index contributed by atoms with van der Waals surface area (Å²) in [5.41, 5.74) is 3.83. The molecule has 0 spiro atoms. The molecule has 0 saturated carbocycles. The van der Waals surface area contributed by atoms with Crippen LogP contribution in [-0.4, -0.2) is 38.7 Å². The van der Waals surface area contributed by atoms with Gasteiger partial charge in [-0.2, -0.15) is 9.97 Å². The molecular formula is C19H25N7. The van der Waals surface area contributed by atoms with Gasteiger partial charge in [0.1, 0.15) is 0 Å². The van der Waals surface area contributed by atoms with Gasteiger partial charge in [0.15, 0.2) is 17.0 Å². The maximum absolute atomic E-state index is 4.75. The van der Waals surface area contributed by atoms with Crippen molar-refractivity contribution in [3.8, 4) is 0 Å². The number of rotatable bonds is 5. The Balaban J connectivity index is 1.75. The van der Waals surface area contributed by atoms with Gasteiger partial charge in [0.25, 0.3) is 0 Å². The summed E-state index contributed by atoms with van der Waals surface area (Å²) in [4.78, 5) is 14.0. The SMILES string of the molecule is Cc1cccc(Nc2nc(N[C@@H]3CCNC3)nc3c2ncn3C(C)C)c1. The van der Waals surface area contributed by atoms with E-state index >= 15 is 0 Å². The van der Waals surface area contributed by atoms with Crippen LogP contribution in [0.25, 0.3) is 11.2 Å². The average Bonchev–Trinajstić information content (AvgIpc) is 3.24. The minimum atomic E-state index is 0.280. The van der Waals surface area contributed by atoms with Crippen molar-refractivity contribution in [1.29, 1.82) is 0 Å². The Labute approximate surface area is 153 Å². The van der Waals surface area contributed by atoms with Gasteiger partial charge in [-0.05, 0) is 51.4 Å². The second kappa shape index (κ2) is 6.92. The Morgan fingerprint density at radius 1 is 1.27 bits per heavy atom. The number of benzene rings is 1. The first-order valence-electron chi connectivity index (χ1n) is 9.15. The van der Waals surface area contributed by atoms with Crippen LogP contribution >= 0.6 is 0 Å². The van der Waals surface area contributed by atoms with Crippen molar-refractivity contribution in [2.24, 2.45) is 0 Å². The number of nitrogens with one attached hydrogen (secondary N) is 3. The van der Waals surface area contributed by atoms with E-state index in [9.17, 15) is 0 Å². The van der Waals surface area contributed by atoms with E-state index in [-0.39, 0.29) is 6.04 Å². The quantitative estimate of drug-likeness (QED) is 0.655. The number of hydrogen-bond acceptors (Lipinski definition) is 6. The second-order valence-electron chi connectivity index (χ2n) is 7.14. The molecule has 0 bridgehead atoms. The number of hydrogen-bond donors (Lipinski definition) is 3. The molecule has 1 aliphatic heterocycles. The third kappa shape index (κ3) is 3.35. The molecule has 7 heteroatoms. The van der Waals surface area contributed by atoms with Crippen LogP contribution in [0.2, 0.25) is 0 Å². The summed E-state index contributed by atoms with van der Waals surface area (Å²) in [5.74, 6) is 1.37. The molecule has 0 unspecified atom stereocenters. The first-order valence-corrected chi connectivity index (χ1v) is 9.15. The predicted molar refractivity (Wildman–Crippen MR) is 105 cm³/mol. The van der Waals surface area contributed by atoms with Crippen molar-refractivity contribution in [3.63, 3.8) is 0 Å². The zero-order valence-corrected chi connectivity index (χ0v) is 15.5. The molecule has 1 aromatic carbocycles. The molecule has 26 heavy (non-hydrogen) atoms. The molecule has 1 atom stereocenters. The smallest absolute Gasteiger partial charge is 0.227 e. The summed E-state index contributed by atoms with van der Waals surface area (Å²) in [6.45, 7) is 8.30. The van der Waals surface area contributed by atoms with Crippen molar-refractivity contribution >= 4 is 28.6 Å². The minimum Gasteiger partial charge on any atom is -0.350 e. The van der Waals surface area contributed by atoms with Crippen molar-refractivity contribution in [3.05, 3.63) is 36.2 Å². The summed E-state index contributed by atoms with van der Waals surface area (Å²) < 4.78 is 2.08. The summed E-state index contributed by atoms with van der Waals surface area (Å²) in [6, 6.07) is 8.88. The lowest BCUT2D eigenvalue weighted by Crippen LogP contribution is -2.23. The van der Waals surface area contributed by atoms with Gasteiger partial charge < -0.3 is 20.5 Å². The zero-order valence-electron chi connectivity index (χ0n) is 15.5. The zero-order chi connectivity index (χ0) is 18.1. The fourth-order valence-corrected chi connectivity index (χ4v) is 3.27. The molecule has 1 aliphatic rings. The Morgan fingerprint density at radius 3 is 2.88 bits per heavy atom. The van der Waals surface area contributed by atoms with Crippen LogP contribution in [0.15, 0.2) is 30.6 Å². The molecule has 1 saturated heterocycles. The van der Waals surface area contributed by atoms with Crippen LogP contribution in [0, 0.1) is 6.92 Å². The van der Waals surface area contributed by atoms with Crippen LogP contribution in [0.5, 0.6) is 0 Å². The molecule has 2 aromatic heterocycles. The lowest BCUT2D eigenvalue weighted by atomic mass is 10.2. The van der Waals surface area contributed by atoms with Gasteiger partial charge in [0.05, 0.1) is 6.33 Å². The molecule has 1 fully saturated rings. The standard InChI is InChI=1S/C19H25N7/c1-12(2)26-11-21-16-17(22-14-6-4-5-13(3)9-14)24-19(25-18(16)26)23-15-7-8-20-10-15/h4-6,9,11-12,15,20H,7-8,10H2,1-3H3,(H2,22,23,24,25)/t15-/m1/s1. The summed E-state index contributed by atoms with van der Waals surface area (Å²) >= 11 is 0. The van der Waals surface area contributed by atoms with Gasteiger partial charge >= 0.3 is 0 Å². The monoisotopic (exact) mass is 351 g/mol. The number of aryl methyl sites for hydroxylation is 1. The molecule has 3 aromatic rings. The Kier molecular flexibility index (Phi) is 4.46. The van der Waals surface area contributed by atoms with E-state index in [0.717, 1.165) is 42.2 Å². The highest BCUT2D eigenvalue weighted by molar-refractivity contribution is 5.86. The lowest BCUT2D eigenvalue weighted by molar-refractivity contribution is 0.612. The fourth-order valence-electron chi connectivity index (χ4n) is 3.27. The Hall–Kier alpha value is -2.67. The summed E-state index contributed by atoms with van der Waals surface area (Å²) in [6.07, 6.45) is 2.91. The van der Waals surface area contributed by atoms with Crippen molar-refractivity contribution < 1.29 is 0 Å². The summed E-state index contributed by atoms with van der Waals surface area (Å²) in [5, 5.41) is 10.2. The van der Waals surface area contributed by atoms with Gasteiger partial charge in [-0.3, -0.25) is 0 Å². The van der Waals surface area contributed by atoms with Crippen LogP contribution in [0.3, 0.4) is 0 Å². The lowest BCUT2D eigenvalue weighted by Gasteiger charge is -2.15. The first kappa shape index (κ1) is 16.8.